The number of aromatic nitrogens is 6. The second-order valence-electron chi connectivity index (χ2n) is 11.8. The van der Waals surface area contributed by atoms with Crippen LogP contribution >= 0.6 is 0 Å². The smallest absolute Gasteiger partial charge is 0.350 e. The van der Waals surface area contributed by atoms with Crippen molar-refractivity contribution in [3.05, 3.63) is 114 Å². The molecule has 0 amide bonds. The van der Waals surface area contributed by atoms with Gasteiger partial charge >= 0.3 is 5.69 Å². The maximum atomic E-state index is 12.8. The van der Waals surface area contributed by atoms with Crippen LogP contribution in [0.3, 0.4) is 0 Å². The van der Waals surface area contributed by atoms with Gasteiger partial charge in [0.25, 0.3) is 0 Å². The fourth-order valence-electron chi connectivity index (χ4n) is 5.64. The van der Waals surface area contributed by atoms with Crippen molar-refractivity contribution in [3.63, 3.8) is 0 Å². The van der Waals surface area contributed by atoms with Gasteiger partial charge in [0.15, 0.2) is 0 Å². The summed E-state index contributed by atoms with van der Waals surface area (Å²) in [6.45, 7) is 8.27. The number of rotatable bonds is 14. The molecular weight excluding hydrogens is 596 g/mol. The van der Waals surface area contributed by atoms with Gasteiger partial charge < -0.3 is 24.4 Å². The molecule has 3 heterocycles. The average Bonchev–Trinajstić information content (AvgIpc) is 3.79. The van der Waals surface area contributed by atoms with E-state index in [1.807, 2.05) is 68.4 Å². The zero-order valence-corrected chi connectivity index (χ0v) is 26.9. The summed E-state index contributed by atoms with van der Waals surface area (Å²) in [6.07, 6.45) is 4.62. The standard InChI is InChI=1S/C35H42N8O4/c1-3-27(2)43-35(45)41(26-38-43)31-11-9-29(10-12-31)39-19-21-40(22-20-39)30-13-15-33(16-14-30)46-24-32(44)25-47-34(23-42-36-17-18-37-42)28-7-5-4-6-8-28/h4-18,26-27,32,34,44H,3,19-25H2,1-2H3/t27-,32+,34?/m0/s1. The summed E-state index contributed by atoms with van der Waals surface area (Å²) >= 11 is 0. The predicted molar refractivity (Wildman–Crippen MR) is 180 cm³/mol. The molecule has 1 fully saturated rings. The van der Waals surface area contributed by atoms with Gasteiger partial charge in [-0.05, 0) is 67.4 Å². The first kappa shape index (κ1) is 32.0. The van der Waals surface area contributed by atoms with Crippen molar-refractivity contribution in [3.8, 4) is 11.4 Å². The predicted octanol–water partition coefficient (Wildman–Crippen LogP) is 4.12. The molecule has 5 aromatic rings. The highest BCUT2D eigenvalue weighted by Crippen LogP contribution is 2.24. The van der Waals surface area contributed by atoms with Gasteiger partial charge in [0.2, 0.25) is 0 Å². The lowest BCUT2D eigenvalue weighted by Gasteiger charge is -2.37. The van der Waals surface area contributed by atoms with E-state index in [4.69, 9.17) is 9.47 Å². The zero-order chi connectivity index (χ0) is 32.6. The largest absolute Gasteiger partial charge is 0.491 e. The Labute approximate surface area is 274 Å². The Hall–Kier alpha value is -4.94. The fourth-order valence-corrected chi connectivity index (χ4v) is 5.64. The molecule has 246 valence electrons. The molecular formula is C35H42N8O4. The van der Waals surface area contributed by atoms with Gasteiger partial charge in [-0.15, -0.1) is 0 Å². The van der Waals surface area contributed by atoms with E-state index in [2.05, 4.69) is 49.4 Å². The minimum Gasteiger partial charge on any atom is -0.491 e. The van der Waals surface area contributed by atoms with Crippen LogP contribution in [-0.4, -0.2) is 79.9 Å². The molecule has 12 nitrogen and oxygen atoms in total. The fraction of sp³-hybridized carbons (Fsp3) is 0.371. The Morgan fingerprint density at radius 2 is 1.38 bits per heavy atom. The highest BCUT2D eigenvalue weighted by molar-refractivity contribution is 5.54. The molecule has 1 N–H and O–H groups in total. The highest BCUT2D eigenvalue weighted by atomic mass is 16.5. The maximum Gasteiger partial charge on any atom is 0.350 e. The number of hydrogen-bond acceptors (Lipinski definition) is 9. The van der Waals surface area contributed by atoms with Gasteiger partial charge in [0, 0.05) is 37.6 Å². The van der Waals surface area contributed by atoms with Crippen LogP contribution in [0.2, 0.25) is 0 Å². The van der Waals surface area contributed by atoms with Crippen molar-refractivity contribution in [2.45, 2.75) is 45.1 Å². The number of aliphatic hydroxyl groups excluding tert-OH is 1. The molecule has 3 atom stereocenters. The van der Waals surface area contributed by atoms with Gasteiger partial charge in [-0.1, -0.05) is 37.3 Å². The number of hydrogen-bond donors (Lipinski definition) is 1. The molecule has 1 aliphatic rings. The molecule has 6 rings (SSSR count). The van der Waals surface area contributed by atoms with Crippen molar-refractivity contribution in [1.29, 1.82) is 0 Å². The van der Waals surface area contributed by atoms with Crippen LogP contribution < -0.4 is 20.2 Å². The van der Waals surface area contributed by atoms with Crippen LogP contribution in [0, 0.1) is 0 Å². The maximum absolute atomic E-state index is 12.8. The molecule has 12 heteroatoms. The lowest BCUT2D eigenvalue weighted by molar-refractivity contribution is -0.0339. The molecule has 3 aromatic carbocycles. The summed E-state index contributed by atoms with van der Waals surface area (Å²) in [7, 11) is 0. The van der Waals surface area contributed by atoms with Crippen LogP contribution in [0.5, 0.6) is 5.75 Å². The lowest BCUT2D eigenvalue weighted by Crippen LogP contribution is -2.46. The minimum absolute atomic E-state index is 0.0669. The van der Waals surface area contributed by atoms with Gasteiger partial charge in [-0.25, -0.2) is 14.0 Å². The molecule has 2 aromatic heterocycles. The summed E-state index contributed by atoms with van der Waals surface area (Å²) in [4.78, 5) is 19.1. The van der Waals surface area contributed by atoms with Crippen molar-refractivity contribution in [2.75, 3.05) is 49.2 Å². The van der Waals surface area contributed by atoms with Crippen molar-refractivity contribution in [1.82, 2.24) is 29.3 Å². The monoisotopic (exact) mass is 638 g/mol. The Morgan fingerprint density at radius 3 is 2.00 bits per heavy atom. The van der Waals surface area contributed by atoms with Crippen molar-refractivity contribution in [2.24, 2.45) is 0 Å². The van der Waals surface area contributed by atoms with Gasteiger partial charge in [0.05, 0.1) is 37.3 Å². The van der Waals surface area contributed by atoms with Crippen LogP contribution in [-0.2, 0) is 11.3 Å². The van der Waals surface area contributed by atoms with Gasteiger partial charge in [-0.3, -0.25) is 0 Å². The Morgan fingerprint density at radius 1 is 0.787 bits per heavy atom. The zero-order valence-electron chi connectivity index (χ0n) is 26.9. The van der Waals surface area contributed by atoms with E-state index in [-0.39, 0.29) is 31.0 Å². The van der Waals surface area contributed by atoms with E-state index in [1.54, 1.807) is 28.1 Å². The Bertz CT molecular complexity index is 1710. The van der Waals surface area contributed by atoms with Gasteiger partial charge in [-0.2, -0.15) is 20.1 Å². The second-order valence-corrected chi connectivity index (χ2v) is 11.8. The molecule has 1 unspecified atom stereocenters. The van der Waals surface area contributed by atoms with Crippen LogP contribution in [0.1, 0.15) is 38.0 Å². The van der Waals surface area contributed by atoms with Crippen LogP contribution in [0.25, 0.3) is 5.69 Å². The van der Waals surface area contributed by atoms with Crippen molar-refractivity contribution >= 4 is 11.4 Å². The number of nitrogens with zero attached hydrogens (tertiary/aromatic N) is 8. The molecule has 0 bridgehead atoms. The molecule has 1 aliphatic heterocycles. The first-order chi connectivity index (χ1) is 23.0. The third-order valence-corrected chi connectivity index (χ3v) is 8.58. The topological polar surface area (TPSA) is 116 Å². The van der Waals surface area contributed by atoms with Gasteiger partial charge in [0.1, 0.15) is 30.9 Å². The van der Waals surface area contributed by atoms with E-state index < -0.39 is 6.10 Å². The summed E-state index contributed by atoms with van der Waals surface area (Å²) < 4.78 is 15.1. The first-order valence-corrected chi connectivity index (χ1v) is 16.2. The summed E-state index contributed by atoms with van der Waals surface area (Å²) in [6, 6.07) is 26.0. The SMILES string of the molecule is CC[C@H](C)n1ncn(-c2ccc(N3CCN(c4ccc(OC[C@@H](O)COC(Cn5nccn5)c5ccccc5)cc4)CC3)cc2)c1=O. The third kappa shape index (κ3) is 7.90. The third-order valence-electron chi connectivity index (χ3n) is 8.58. The Balaban J connectivity index is 0.961. The number of piperazine rings is 1. The van der Waals surface area contributed by atoms with Crippen molar-refractivity contribution < 1.29 is 14.6 Å². The molecule has 1 saturated heterocycles. The van der Waals surface area contributed by atoms with E-state index in [1.165, 1.54) is 4.68 Å². The molecule has 0 radical (unpaired) electrons. The molecule has 0 saturated carbocycles. The van der Waals surface area contributed by atoms with E-state index >= 15 is 0 Å². The minimum atomic E-state index is -0.794. The number of benzene rings is 3. The molecule has 0 spiro atoms. The molecule has 0 aliphatic carbocycles. The van der Waals surface area contributed by atoms with E-state index in [0.717, 1.165) is 55.2 Å². The van der Waals surface area contributed by atoms with Crippen LogP contribution in [0.15, 0.2) is 102 Å². The second kappa shape index (κ2) is 15.1. The highest BCUT2D eigenvalue weighted by Gasteiger charge is 2.19. The summed E-state index contributed by atoms with van der Waals surface area (Å²) in [5.41, 5.74) is 3.96. The summed E-state index contributed by atoms with van der Waals surface area (Å²) in [5, 5.41) is 23.3. The number of aliphatic hydroxyl groups is 1. The Kier molecular flexibility index (Phi) is 10.3. The normalized spacial score (nSPS) is 15.4. The van der Waals surface area contributed by atoms with Crippen LogP contribution in [0.4, 0.5) is 11.4 Å². The quantitative estimate of drug-likeness (QED) is 0.192. The average molecular weight is 639 g/mol. The number of anilines is 2. The lowest BCUT2D eigenvalue weighted by atomic mass is 10.1. The van der Waals surface area contributed by atoms with E-state index in [9.17, 15) is 9.90 Å². The molecule has 47 heavy (non-hydrogen) atoms. The van der Waals surface area contributed by atoms with E-state index in [0.29, 0.717) is 12.3 Å². The first-order valence-electron chi connectivity index (χ1n) is 16.2. The number of ether oxygens (including phenoxy) is 2. The summed E-state index contributed by atoms with van der Waals surface area (Å²) in [5.74, 6) is 0.695.